The minimum absolute atomic E-state index is 0.141. The molecule has 7 rings (SSSR count). The minimum Gasteiger partial charge on any atom is -0.379 e. The number of benzene rings is 3. The van der Waals surface area contributed by atoms with Gasteiger partial charge in [0.1, 0.15) is 0 Å². The third kappa shape index (κ3) is 3.53. The van der Waals surface area contributed by atoms with Crippen molar-refractivity contribution in [3.63, 3.8) is 0 Å². The Kier molecular flexibility index (Phi) is 5.26. The maximum absolute atomic E-state index is 5.72. The molecule has 1 radical (unpaired) electrons. The Morgan fingerprint density at radius 2 is 1.80 bits per heavy atom. The van der Waals surface area contributed by atoms with Gasteiger partial charge in [-0.05, 0) is 92.6 Å². The van der Waals surface area contributed by atoms with Crippen LogP contribution in [0.1, 0.15) is 41.1 Å². The van der Waals surface area contributed by atoms with Gasteiger partial charge >= 0.3 is 0 Å². The number of hydrogen-bond acceptors (Lipinski definition) is 3. The topological polar surface area (TPSA) is 24.8 Å². The predicted molar refractivity (Wildman–Crippen MR) is 141 cm³/mol. The molecule has 35 heavy (non-hydrogen) atoms. The van der Waals surface area contributed by atoms with Gasteiger partial charge in [-0.1, -0.05) is 54.6 Å². The van der Waals surface area contributed by atoms with E-state index in [0.717, 1.165) is 45.6 Å². The van der Waals surface area contributed by atoms with E-state index in [1.54, 1.807) is 0 Å². The highest BCUT2D eigenvalue weighted by Crippen LogP contribution is 2.34. The molecule has 0 aromatic heterocycles. The fourth-order valence-electron chi connectivity index (χ4n) is 6.43. The maximum atomic E-state index is 5.72. The zero-order chi connectivity index (χ0) is 23.2. The van der Waals surface area contributed by atoms with E-state index >= 15 is 0 Å². The lowest BCUT2D eigenvalue weighted by Crippen LogP contribution is -2.43. The van der Waals surface area contributed by atoms with Crippen LogP contribution in [0, 0.1) is 16.5 Å². The van der Waals surface area contributed by atoms with Crippen molar-refractivity contribution in [1.82, 2.24) is 4.90 Å². The van der Waals surface area contributed by atoms with Crippen LogP contribution in [0.2, 0.25) is 0 Å². The van der Waals surface area contributed by atoms with E-state index in [4.69, 9.17) is 9.73 Å². The summed E-state index contributed by atoms with van der Waals surface area (Å²) in [6.07, 6.45) is 11.0. The molecule has 1 saturated heterocycles. The molecule has 3 nitrogen and oxygen atoms in total. The zero-order valence-corrected chi connectivity index (χ0v) is 20.0. The van der Waals surface area contributed by atoms with E-state index in [-0.39, 0.29) is 6.04 Å². The molecule has 3 aromatic rings. The highest BCUT2D eigenvalue weighted by Gasteiger charge is 2.32. The summed E-state index contributed by atoms with van der Waals surface area (Å²) in [5.74, 6) is 0. The highest BCUT2D eigenvalue weighted by atomic mass is 16.5. The first-order valence-electron chi connectivity index (χ1n) is 12.9. The second-order valence-electron chi connectivity index (χ2n) is 9.88. The lowest BCUT2D eigenvalue weighted by Gasteiger charge is -2.37. The molecule has 4 aliphatic rings. The number of ether oxygens (including phenoxy) is 1. The average molecular weight is 458 g/mol. The second kappa shape index (κ2) is 8.75. The molecule has 2 heterocycles. The summed E-state index contributed by atoms with van der Waals surface area (Å²) >= 11 is 0. The molecule has 3 aromatic carbocycles. The first kappa shape index (κ1) is 21.0. The van der Waals surface area contributed by atoms with Gasteiger partial charge in [0.05, 0.1) is 25.0 Å². The van der Waals surface area contributed by atoms with Gasteiger partial charge in [0.15, 0.2) is 0 Å². The van der Waals surface area contributed by atoms with Crippen LogP contribution in [0.15, 0.2) is 65.8 Å². The average Bonchev–Trinajstić information content (AvgIpc) is 3.12. The Morgan fingerprint density at radius 3 is 2.74 bits per heavy atom. The molecular formula is C32H29N2O. The van der Waals surface area contributed by atoms with Crippen LogP contribution in [0.25, 0.3) is 17.7 Å². The van der Waals surface area contributed by atoms with E-state index in [1.165, 1.54) is 60.8 Å². The SMILES string of the molecule is [c]1ccc2c(c1)C=CN=C(C1=c3ccc4c(c3CCC1)CC=c1ccccc1=4)C2N1CCOCC1. The van der Waals surface area contributed by atoms with E-state index in [2.05, 4.69) is 71.6 Å². The summed E-state index contributed by atoms with van der Waals surface area (Å²) < 4.78 is 5.72. The van der Waals surface area contributed by atoms with Crippen LogP contribution in [0.5, 0.6) is 0 Å². The molecule has 0 N–H and O–H groups in total. The quantitative estimate of drug-likeness (QED) is 0.579. The summed E-state index contributed by atoms with van der Waals surface area (Å²) in [7, 11) is 0. The number of morpholine rings is 1. The van der Waals surface area contributed by atoms with Crippen LogP contribution in [-0.2, 0) is 17.6 Å². The number of hydrogen-bond donors (Lipinski definition) is 0. The number of fused-ring (bicyclic) bond motifs is 5. The Bertz CT molecular complexity index is 1590. The van der Waals surface area contributed by atoms with Gasteiger partial charge in [0.25, 0.3) is 0 Å². The molecule has 2 aliphatic heterocycles. The van der Waals surface area contributed by atoms with Crippen LogP contribution in [-0.4, -0.2) is 36.9 Å². The molecule has 1 unspecified atom stereocenters. The maximum Gasteiger partial charge on any atom is 0.0786 e. The van der Waals surface area contributed by atoms with Crippen LogP contribution < -0.4 is 10.4 Å². The van der Waals surface area contributed by atoms with Crippen molar-refractivity contribution in [1.29, 1.82) is 0 Å². The Labute approximate surface area is 206 Å². The van der Waals surface area contributed by atoms with Crippen LogP contribution >= 0.6 is 0 Å². The Morgan fingerprint density at radius 1 is 0.914 bits per heavy atom. The fourth-order valence-corrected chi connectivity index (χ4v) is 6.43. The van der Waals surface area contributed by atoms with Gasteiger partial charge in [0, 0.05) is 19.3 Å². The lowest BCUT2D eigenvalue weighted by molar-refractivity contribution is 0.0289. The van der Waals surface area contributed by atoms with Crippen molar-refractivity contribution in [2.24, 2.45) is 4.99 Å². The summed E-state index contributed by atoms with van der Waals surface area (Å²) in [4.78, 5) is 7.73. The second-order valence-corrected chi connectivity index (χ2v) is 9.88. The predicted octanol–water partition coefficient (Wildman–Crippen LogP) is 4.10. The normalized spacial score (nSPS) is 21.1. The molecule has 1 atom stereocenters. The molecule has 0 saturated carbocycles. The summed E-state index contributed by atoms with van der Waals surface area (Å²) in [6.45, 7) is 3.41. The Hall–Kier alpha value is -3.27. The van der Waals surface area contributed by atoms with E-state index < -0.39 is 0 Å². The molecular weight excluding hydrogens is 428 g/mol. The summed E-state index contributed by atoms with van der Waals surface area (Å²) in [6, 6.07) is 23.4. The van der Waals surface area contributed by atoms with Gasteiger partial charge in [-0.2, -0.15) is 0 Å². The van der Waals surface area contributed by atoms with Crippen molar-refractivity contribution in [3.8, 4) is 0 Å². The van der Waals surface area contributed by atoms with Gasteiger partial charge in [-0.25, -0.2) is 0 Å². The number of rotatable bonds is 2. The largest absolute Gasteiger partial charge is 0.379 e. The van der Waals surface area contributed by atoms with E-state index in [0.29, 0.717) is 0 Å². The van der Waals surface area contributed by atoms with Crippen molar-refractivity contribution in [2.45, 2.75) is 31.7 Å². The van der Waals surface area contributed by atoms with Crippen molar-refractivity contribution in [2.75, 3.05) is 26.3 Å². The van der Waals surface area contributed by atoms with Crippen LogP contribution in [0.4, 0.5) is 0 Å². The minimum atomic E-state index is 0.141. The fraction of sp³-hybridized carbons (Fsp3) is 0.281. The zero-order valence-electron chi connectivity index (χ0n) is 20.0. The summed E-state index contributed by atoms with van der Waals surface area (Å²) in [5.41, 5.74) is 8.24. The van der Waals surface area contributed by atoms with Crippen molar-refractivity contribution in [3.05, 3.63) is 110 Å². The third-order valence-corrected chi connectivity index (χ3v) is 8.06. The lowest BCUT2D eigenvalue weighted by atomic mass is 9.82. The Balaban J connectivity index is 1.47. The van der Waals surface area contributed by atoms with Gasteiger partial charge in [0.2, 0.25) is 0 Å². The van der Waals surface area contributed by atoms with Gasteiger partial charge < -0.3 is 4.74 Å². The van der Waals surface area contributed by atoms with E-state index in [9.17, 15) is 0 Å². The molecule has 2 aliphatic carbocycles. The van der Waals surface area contributed by atoms with Crippen LogP contribution in [0.3, 0.4) is 0 Å². The monoisotopic (exact) mass is 457 g/mol. The first-order valence-corrected chi connectivity index (χ1v) is 12.9. The first-order chi connectivity index (χ1) is 17.4. The third-order valence-electron chi connectivity index (χ3n) is 8.06. The summed E-state index contributed by atoms with van der Waals surface area (Å²) in [5, 5.41) is 5.56. The van der Waals surface area contributed by atoms with E-state index in [1.807, 2.05) is 12.3 Å². The molecule has 0 amide bonds. The van der Waals surface area contributed by atoms with Gasteiger partial charge in [-0.15, -0.1) is 0 Å². The van der Waals surface area contributed by atoms with Crippen molar-refractivity contribution < 1.29 is 4.74 Å². The number of aliphatic imine (C=N–C) groups is 1. The molecule has 1 fully saturated rings. The highest BCUT2D eigenvalue weighted by molar-refractivity contribution is 6.22. The molecule has 173 valence electrons. The smallest absolute Gasteiger partial charge is 0.0786 e. The van der Waals surface area contributed by atoms with Crippen molar-refractivity contribution >= 4 is 23.4 Å². The van der Waals surface area contributed by atoms with Gasteiger partial charge in [-0.3, -0.25) is 9.89 Å². The number of nitrogens with zero attached hydrogens (tertiary/aromatic N) is 2. The molecule has 3 heteroatoms. The standard InChI is InChI=1S/C32H29N2O/c1-3-8-24-22(6-1)12-13-28-26-10-5-11-30(29(26)15-14-27(24)28)31-32(34-18-20-35-21-19-34)25-9-4-2-7-23(25)16-17-33-31/h1,3-4,6-9,12,14-17,32H,5,10-11,13,18-21H2. The molecule has 0 spiro atoms. The molecule has 0 bridgehead atoms.